The maximum Gasteiger partial charge on any atom is 0.318 e. The largest absolute Gasteiger partial charge is 0.451 e. The zero-order valence-electron chi connectivity index (χ0n) is 14.4. The van der Waals surface area contributed by atoms with Crippen molar-refractivity contribution in [1.29, 1.82) is 0 Å². The van der Waals surface area contributed by atoms with Crippen LogP contribution in [0.2, 0.25) is 0 Å². The Morgan fingerprint density at radius 1 is 1.16 bits per heavy atom. The molecule has 1 aliphatic carbocycles. The van der Waals surface area contributed by atoms with Crippen LogP contribution in [0.15, 0.2) is 24.3 Å². The van der Waals surface area contributed by atoms with E-state index in [0.717, 1.165) is 12.8 Å². The summed E-state index contributed by atoms with van der Waals surface area (Å²) in [7, 11) is 0. The van der Waals surface area contributed by atoms with Crippen LogP contribution >= 0.6 is 0 Å². The van der Waals surface area contributed by atoms with E-state index in [9.17, 15) is 18.8 Å². The second-order valence-corrected chi connectivity index (χ2v) is 6.72. The number of nitrogens with one attached hydrogen (secondary N) is 1. The molecule has 0 bridgehead atoms. The van der Waals surface area contributed by atoms with E-state index in [1.165, 1.54) is 12.1 Å². The highest BCUT2D eigenvalue weighted by molar-refractivity contribution is 5.97. The van der Waals surface area contributed by atoms with Gasteiger partial charge in [0.25, 0.3) is 5.91 Å². The molecule has 0 radical (unpaired) electrons. The number of ether oxygens (including phenoxy) is 1. The van der Waals surface area contributed by atoms with Gasteiger partial charge in [-0.1, -0.05) is 38.8 Å². The molecule has 1 aromatic carbocycles. The summed E-state index contributed by atoms with van der Waals surface area (Å²) in [6.07, 6.45) is 1.69. The maximum atomic E-state index is 13.2. The third kappa shape index (κ3) is 4.15. The van der Waals surface area contributed by atoms with Crippen molar-refractivity contribution < 1.29 is 23.5 Å². The second-order valence-electron chi connectivity index (χ2n) is 6.72. The molecule has 1 fully saturated rings. The number of halogens is 1. The van der Waals surface area contributed by atoms with E-state index in [1.54, 1.807) is 26.0 Å². The number of hydrogen-bond acceptors (Lipinski definition) is 4. The lowest BCUT2D eigenvalue weighted by molar-refractivity contribution is -0.164. The molecular formula is C18H23FN2O4. The molecule has 2 rings (SSSR count). The Balaban J connectivity index is 2.26. The van der Waals surface area contributed by atoms with Gasteiger partial charge in [0.1, 0.15) is 5.82 Å². The molecule has 6 nitrogen and oxygen atoms in total. The first-order chi connectivity index (χ1) is 11.8. The zero-order chi connectivity index (χ0) is 18.6. The molecule has 1 saturated carbocycles. The van der Waals surface area contributed by atoms with E-state index in [0.29, 0.717) is 18.4 Å². The van der Waals surface area contributed by atoms with Crippen molar-refractivity contribution in [1.82, 2.24) is 5.32 Å². The first-order valence-electron chi connectivity index (χ1n) is 8.34. The van der Waals surface area contributed by atoms with Crippen LogP contribution < -0.4 is 11.1 Å². The summed E-state index contributed by atoms with van der Waals surface area (Å²) in [6.45, 7) is 3.41. The summed E-state index contributed by atoms with van der Waals surface area (Å²) < 4.78 is 18.7. The number of amides is 3. The van der Waals surface area contributed by atoms with Crippen molar-refractivity contribution >= 4 is 17.9 Å². The number of carbonyl (C=O) groups excluding carboxylic acids is 3. The highest BCUT2D eigenvalue weighted by atomic mass is 19.1. The molecule has 136 valence electrons. The summed E-state index contributed by atoms with van der Waals surface area (Å²) in [5, 5.41) is 1.95. The van der Waals surface area contributed by atoms with Crippen molar-refractivity contribution in [2.45, 2.75) is 51.0 Å². The number of esters is 1. The first kappa shape index (κ1) is 18.9. The van der Waals surface area contributed by atoms with Gasteiger partial charge >= 0.3 is 12.0 Å². The minimum Gasteiger partial charge on any atom is -0.451 e. The molecular weight excluding hydrogens is 327 g/mol. The van der Waals surface area contributed by atoms with Gasteiger partial charge in [0.05, 0.1) is 5.41 Å². The van der Waals surface area contributed by atoms with Crippen molar-refractivity contribution in [3.8, 4) is 0 Å². The smallest absolute Gasteiger partial charge is 0.318 e. The van der Waals surface area contributed by atoms with Crippen molar-refractivity contribution in [2.75, 3.05) is 0 Å². The Morgan fingerprint density at radius 3 is 2.20 bits per heavy atom. The number of imide groups is 1. The van der Waals surface area contributed by atoms with Crippen LogP contribution in [-0.4, -0.2) is 24.0 Å². The van der Waals surface area contributed by atoms with E-state index < -0.39 is 29.4 Å². The Morgan fingerprint density at radius 2 is 1.72 bits per heavy atom. The number of carbonyl (C=O) groups is 3. The maximum absolute atomic E-state index is 13.2. The van der Waals surface area contributed by atoms with Crippen LogP contribution in [-0.2, 0) is 19.7 Å². The number of benzene rings is 1. The van der Waals surface area contributed by atoms with Gasteiger partial charge in [-0.3, -0.25) is 14.9 Å². The lowest BCUT2D eigenvalue weighted by Crippen LogP contribution is -2.48. The number of hydrogen-bond donors (Lipinski definition) is 2. The molecule has 3 amide bonds. The second kappa shape index (κ2) is 7.63. The molecule has 1 aromatic rings. The minimum atomic E-state index is -1.13. The first-order valence-corrected chi connectivity index (χ1v) is 8.34. The third-order valence-corrected chi connectivity index (χ3v) is 4.59. The molecule has 3 N–H and O–H groups in total. The SMILES string of the molecule is CC(C)[C@H](OC(=O)C1(c2ccc(F)cc2)CCCC1)C(=O)NC(N)=O. The molecule has 7 heteroatoms. The predicted octanol–water partition coefficient (Wildman–Crippen LogP) is 2.40. The monoisotopic (exact) mass is 350 g/mol. The molecule has 1 atom stereocenters. The fourth-order valence-electron chi connectivity index (χ4n) is 3.27. The molecule has 0 aliphatic heterocycles. The quantitative estimate of drug-likeness (QED) is 0.797. The normalized spacial score (nSPS) is 17.1. The fourth-order valence-corrected chi connectivity index (χ4v) is 3.27. The van der Waals surface area contributed by atoms with E-state index in [2.05, 4.69) is 0 Å². The average molecular weight is 350 g/mol. The van der Waals surface area contributed by atoms with Crippen molar-refractivity contribution in [3.05, 3.63) is 35.6 Å². The highest BCUT2D eigenvalue weighted by Gasteiger charge is 2.46. The summed E-state index contributed by atoms with van der Waals surface area (Å²) in [5.41, 5.74) is 4.75. The average Bonchev–Trinajstić information content (AvgIpc) is 3.02. The van der Waals surface area contributed by atoms with Crippen LogP contribution in [0.4, 0.5) is 9.18 Å². The third-order valence-electron chi connectivity index (χ3n) is 4.59. The van der Waals surface area contributed by atoms with Crippen LogP contribution in [0, 0.1) is 11.7 Å². The molecule has 25 heavy (non-hydrogen) atoms. The molecule has 0 aromatic heterocycles. The van der Waals surface area contributed by atoms with Gasteiger partial charge in [-0.25, -0.2) is 9.18 Å². The van der Waals surface area contributed by atoms with Crippen LogP contribution in [0.3, 0.4) is 0 Å². The van der Waals surface area contributed by atoms with Crippen LogP contribution in [0.25, 0.3) is 0 Å². The summed E-state index contributed by atoms with van der Waals surface area (Å²) in [4.78, 5) is 35.9. The van der Waals surface area contributed by atoms with E-state index >= 15 is 0 Å². The highest BCUT2D eigenvalue weighted by Crippen LogP contribution is 2.42. The number of nitrogens with two attached hydrogens (primary N) is 1. The number of urea groups is 1. The molecule has 0 saturated heterocycles. The van der Waals surface area contributed by atoms with E-state index in [1.807, 2.05) is 5.32 Å². The standard InChI is InChI=1S/C18H23FN2O4/c1-11(2)14(15(22)21-17(20)24)25-16(23)18(9-3-4-10-18)12-5-7-13(19)8-6-12/h5-8,11,14H,3-4,9-10H2,1-2H3,(H3,20,21,22,24)/t14-/m0/s1. The van der Waals surface area contributed by atoms with Crippen LogP contribution in [0.1, 0.15) is 45.1 Å². The lowest BCUT2D eigenvalue weighted by atomic mass is 9.79. The minimum absolute atomic E-state index is 0.338. The summed E-state index contributed by atoms with van der Waals surface area (Å²) in [6, 6.07) is 4.77. The predicted molar refractivity (Wildman–Crippen MR) is 89.0 cm³/mol. The van der Waals surface area contributed by atoms with Gasteiger partial charge in [0.2, 0.25) is 0 Å². The topological polar surface area (TPSA) is 98.5 Å². The Hall–Kier alpha value is -2.44. The van der Waals surface area contributed by atoms with E-state index in [-0.39, 0.29) is 11.7 Å². The van der Waals surface area contributed by atoms with Gasteiger partial charge in [0.15, 0.2) is 6.10 Å². The molecule has 1 aliphatic rings. The van der Waals surface area contributed by atoms with Crippen LogP contribution in [0.5, 0.6) is 0 Å². The Bertz CT molecular complexity index is 652. The van der Waals surface area contributed by atoms with Gasteiger partial charge in [-0.2, -0.15) is 0 Å². The molecule has 0 unspecified atom stereocenters. The van der Waals surface area contributed by atoms with Crippen molar-refractivity contribution in [2.24, 2.45) is 11.7 Å². The molecule has 0 heterocycles. The number of rotatable bonds is 5. The van der Waals surface area contributed by atoms with Gasteiger partial charge in [-0.15, -0.1) is 0 Å². The van der Waals surface area contributed by atoms with Gasteiger partial charge in [0, 0.05) is 0 Å². The van der Waals surface area contributed by atoms with E-state index in [4.69, 9.17) is 10.5 Å². The fraction of sp³-hybridized carbons (Fsp3) is 0.500. The Labute approximate surface area is 145 Å². The summed E-state index contributed by atoms with van der Waals surface area (Å²) >= 11 is 0. The Kier molecular flexibility index (Phi) is 5.77. The number of primary amides is 1. The lowest BCUT2D eigenvalue weighted by Gasteiger charge is -2.30. The summed E-state index contributed by atoms with van der Waals surface area (Å²) in [5.74, 6) is -2.00. The zero-order valence-corrected chi connectivity index (χ0v) is 14.4. The molecule has 0 spiro atoms. The van der Waals surface area contributed by atoms with Gasteiger partial charge in [-0.05, 0) is 36.5 Å². The van der Waals surface area contributed by atoms with Gasteiger partial charge < -0.3 is 10.5 Å². The van der Waals surface area contributed by atoms with Crippen molar-refractivity contribution in [3.63, 3.8) is 0 Å².